The Morgan fingerprint density at radius 2 is 2.04 bits per heavy atom. The summed E-state index contributed by atoms with van der Waals surface area (Å²) in [5.74, 6) is 0.0165. The standard InChI is InChI=1S/C18H20N4O/c1-21-11-9-15(20-21)17-12-14(16-8-4-5-10-22(16)17)18(23)19-13-6-2-3-7-13/h4-5,8-13H,2-3,6-7H2,1H3,(H,19,23). The molecule has 1 aliphatic rings. The lowest BCUT2D eigenvalue weighted by atomic mass is 10.2. The lowest BCUT2D eigenvalue weighted by Crippen LogP contribution is -2.32. The largest absolute Gasteiger partial charge is 0.349 e. The summed E-state index contributed by atoms with van der Waals surface area (Å²) >= 11 is 0. The normalized spacial score (nSPS) is 15.3. The van der Waals surface area contributed by atoms with E-state index >= 15 is 0 Å². The van der Waals surface area contributed by atoms with Gasteiger partial charge in [-0.3, -0.25) is 9.48 Å². The third kappa shape index (κ3) is 2.52. The first kappa shape index (κ1) is 14.1. The molecule has 1 amide bonds. The van der Waals surface area contributed by atoms with Gasteiger partial charge in [0.2, 0.25) is 0 Å². The van der Waals surface area contributed by atoms with Gasteiger partial charge >= 0.3 is 0 Å². The Morgan fingerprint density at radius 1 is 1.22 bits per heavy atom. The van der Waals surface area contributed by atoms with Crippen molar-refractivity contribution in [3.63, 3.8) is 0 Å². The third-order valence-corrected chi connectivity index (χ3v) is 4.59. The number of rotatable bonds is 3. The third-order valence-electron chi connectivity index (χ3n) is 4.59. The maximum atomic E-state index is 12.7. The summed E-state index contributed by atoms with van der Waals surface area (Å²) in [7, 11) is 1.90. The molecule has 3 heterocycles. The lowest BCUT2D eigenvalue weighted by molar-refractivity contribution is 0.0939. The van der Waals surface area contributed by atoms with Crippen LogP contribution in [0.2, 0.25) is 0 Å². The summed E-state index contributed by atoms with van der Waals surface area (Å²) in [6, 6.07) is 10.1. The van der Waals surface area contributed by atoms with Gasteiger partial charge in [0, 0.05) is 25.5 Å². The van der Waals surface area contributed by atoms with Crippen molar-refractivity contribution in [1.29, 1.82) is 0 Å². The average molecular weight is 308 g/mol. The Morgan fingerprint density at radius 3 is 2.78 bits per heavy atom. The van der Waals surface area contributed by atoms with Gasteiger partial charge in [0.25, 0.3) is 5.91 Å². The van der Waals surface area contributed by atoms with Gasteiger partial charge in [-0.2, -0.15) is 5.10 Å². The van der Waals surface area contributed by atoms with Crippen molar-refractivity contribution >= 4 is 11.4 Å². The summed E-state index contributed by atoms with van der Waals surface area (Å²) < 4.78 is 3.81. The Labute approximate surface area is 134 Å². The monoisotopic (exact) mass is 308 g/mol. The van der Waals surface area contributed by atoms with Gasteiger partial charge in [0.15, 0.2) is 0 Å². The Kier molecular flexibility index (Phi) is 3.41. The molecular weight excluding hydrogens is 288 g/mol. The maximum Gasteiger partial charge on any atom is 0.253 e. The molecule has 0 saturated heterocycles. The van der Waals surface area contributed by atoms with Crippen molar-refractivity contribution < 1.29 is 4.79 Å². The first-order valence-electron chi connectivity index (χ1n) is 8.13. The van der Waals surface area contributed by atoms with Gasteiger partial charge in [-0.05, 0) is 37.1 Å². The molecule has 1 aliphatic carbocycles. The Bertz CT molecular complexity index is 855. The van der Waals surface area contributed by atoms with Crippen molar-refractivity contribution in [3.8, 4) is 11.4 Å². The molecule has 0 aromatic carbocycles. The van der Waals surface area contributed by atoms with E-state index in [1.54, 1.807) is 4.68 Å². The summed E-state index contributed by atoms with van der Waals surface area (Å²) in [5.41, 5.74) is 3.45. The van der Waals surface area contributed by atoms with Gasteiger partial charge in [0.05, 0.1) is 16.8 Å². The molecule has 1 saturated carbocycles. The van der Waals surface area contributed by atoms with Gasteiger partial charge in [0.1, 0.15) is 5.69 Å². The zero-order valence-electron chi connectivity index (χ0n) is 13.2. The fourth-order valence-corrected chi connectivity index (χ4v) is 3.42. The van der Waals surface area contributed by atoms with Crippen molar-refractivity contribution in [3.05, 3.63) is 48.3 Å². The number of aryl methyl sites for hydroxylation is 1. The Hall–Kier alpha value is -2.56. The van der Waals surface area contributed by atoms with E-state index in [0.717, 1.165) is 35.3 Å². The predicted octanol–water partition coefficient (Wildman–Crippen LogP) is 3.01. The number of hydrogen-bond acceptors (Lipinski definition) is 2. The van der Waals surface area contributed by atoms with Crippen LogP contribution in [-0.4, -0.2) is 26.1 Å². The van der Waals surface area contributed by atoms with Crippen LogP contribution in [0.15, 0.2) is 42.7 Å². The molecule has 1 fully saturated rings. The smallest absolute Gasteiger partial charge is 0.253 e. The molecule has 0 radical (unpaired) electrons. The number of carbonyl (C=O) groups is 1. The molecule has 5 nitrogen and oxygen atoms in total. The highest BCUT2D eigenvalue weighted by atomic mass is 16.1. The van der Waals surface area contributed by atoms with Crippen LogP contribution in [0.5, 0.6) is 0 Å². The Balaban J connectivity index is 1.76. The summed E-state index contributed by atoms with van der Waals surface area (Å²) in [5, 5.41) is 7.65. The van der Waals surface area contributed by atoms with E-state index in [-0.39, 0.29) is 5.91 Å². The maximum absolute atomic E-state index is 12.7. The first-order valence-corrected chi connectivity index (χ1v) is 8.13. The summed E-state index contributed by atoms with van der Waals surface area (Å²) in [6.45, 7) is 0. The minimum absolute atomic E-state index is 0.0165. The van der Waals surface area contributed by atoms with Gasteiger partial charge < -0.3 is 9.72 Å². The molecule has 1 N–H and O–H groups in total. The average Bonchev–Trinajstić information content (AvgIpc) is 3.26. The highest BCUT2D eigenvalue weighted by molar-refractivity contribution is 6.02. The quantitative estimate of drug-likeness (QED) is 0.808. The zero-order chi connectivity index (χ0) is 15.8. The van der Waals surface area contributed by atoms with Gasteiger partial charge in [-0.25, -0.2) is 0 Å². The van der Waals surface area contributed by atoms with Crippen molar-refractivity contribution in [1.82, 2.24) is 19.5 Å². The van der Waals surface area contributed by atoms with E-state index in [2.05, 4.69) is 10.4 Å². The van der Waals surface area contributed by atoms with E-state index in [1.165, 1.54) is 12.8 Å². The van der Waals surface area contributed by atoms with Crippen molar-refractivity contribution in [2.24, 2.45) is 7.05 Å². The number of nitrogens with zero attached hydrogens (tertiary/aromatic N) is 3. The molecule has 0 spiro atoms. The number of carbonyl (C=O) groups excluding carboxylic acids is 1. The minimum Gasteiger partial charge on any atom is -0.349 e. The molecule has 118 valence electrons. The topological polar surface area (TPSA) is 51.3 Å². The molecule has 0 unspecified atom stereocenters. The second-order valence-corrected chi connectivity index (χ2v) is 6.23. The molecule has 0 bridgehead atoms. The molecule has 4 rings (SSSR count). The van der Waals surface area contributed by atoms with E-state index in [1.807, 2.05) is 54.2 Å². The van der Waals surface area contributed by atoms with Crippen LogP contribution in [0.4, 0.5) is 0 Å². The van der Waals surface area contributed by atoms with Crippen LogP contribution in [0.1, 0.15) is 36.0 Å². The SMILES string of the molecule is Cn1ccc(-c2cc(C(=O)NC3CCCC3)c3ccccn23)n1. The second-order valence-electron chi connectivity index (χ2n) is 6.23. The second kappa shape index (κ2) is 5.57. The molecule has 0 aliphatic heterocycles. The molecule has 3 aromatic rings. The molecule has 3 aromatic heterocycles. The summed E-state index contributed by atoms with van der Waals surface area (Å²) in [4.78, 5) is 12.7. The van der Waals surface area contributed by atoms with E-state index < -0.39 is 0 Å². The molecule has 0 atom stereocenters. The molecule has 5 heteroatoms. The summed E-state index contributed by atoms with van der Waals surface area (Å²) in [6.07, 6.45) is 8.48. The minimum atomic E-state index is 0.0165. The van der Waals surface area contributed by atoms with E-state index in [0.29, 0.717) is 6.04 Å². The van der Waals surface area contributed by atoms with Gasteiger partial charge in [-0.15, -0.1) is 0 Å². The van der Waals surface area contributed by atoms with Crippen LogP contribution < -0.4 is 5.32 Å². The molecule has 23 heavy (non-hydrogen) atoms. The number of fused-ring (bicyclic) bond motifs is 1. The van der Waals surface area contributed by atoms with Crippen molar-refractivity contribution in [2.75, 3.05) is 0 Å². The lowest BCUT2D eigenvalue weighted by Gasteiger charge is -2.11. The number of amides is 1. The molecular formula is C18H20N4O. The first-order chi connectivity index (χ1) is 11.2. The highest BCUT2D eigenvalue weighted by Gasteiger charge is 2.21. The van der Waals surface area contributed by atoms with E-state index in [9.17, 15) is 4.79 Å². The van der Waals surface area contributed by atoms with E-state index in [4.69, 9.17) is 0 Å². The van der Waals surface area contributed by atoms with Crippen LogP contribution in [0.3, 0.4) is 0 Å². The number of aromatic nitrogens is 3. The van der Waals surface area contributed by atoms with Crippen LogP contribution in [0, 0.1) is 0 Å². The fourth-order valence-electron chi connectivity index (χ4n) is 3.42. The van der Waals surface area contributed by atoms with Crippen molar-refractivity contribution in [2.45, 2.75) is 31.7 Å². The zero-order valence-corrected chi connectivity index (χ0v) is 13.2. The number of pyridine rings is 1. The number of nitrogens with one attached hydrogen (secondary N) is 1. The fraction of sp³-hybridized carbons (Fsp3) is 0.333. The van der Waals surface area contributed by atoms with Crippen LogP contribution in [-0.2, 0) is 7.05 Å². The highest BCUT2D eigenvalue weighted by Crippen LogP contribution is 2.26. The van der Waals surface area contributed by atoms with Crippen LogP contribution in [0.25, 0.3) is 16.9 Å². The van der Waals surface area contributed by atoms with Gasteiger partial charge in [-0.1, -0.05) is 18.9 Å². The van der Waals surface area contributed by atoms with Crippen LogP contribution >= 0.6 is 0 Å². The predicted molar refractivity (Wildman–Crippen MR) is 89.3 cm³/mol. The number of hydrogen-bond donors (Lipinski definition) is 1.